The van der Waals surface area contributed by atoms with Crippen LogP contribution in [0.15, 0.2) is 90.4 Å². The monoisotopic (exact) mass is 755 g/mol. The van der Waals surface area contributed by atoms with E-state index in [0.29, 0.717) is 61.4 Å². The van der Waals surface area contributed by atoms with Gasteiger partial charge in [-0.2, -0.15) is 0 Å². The van der Waals surface area contributed by atoms with E-state index in [1.807, 2.05) is 79.2 Å². The number of aliphatic hydroxyl groups is 1. The lowest BCUT2D eigenvalue weighted by atomic mass is 9.79. The van der Waals surface area contributed by atoms with Crippen molar-refractivity contribution in [3.05, 3.63) is 123 Å². The van der Waals surface area contributed by atoms with Gasteiger partial charge in [-0.25, -0.2) is 4.98 Å². The molecule has 0 radical (unpaired) electrons. The van der Waals surface area contributed by atoms with Crippen molar-refractivity contribution in [2.45, 2.75) is 58.1 Å². The van der Waals surface area contributed by atoms with Gasteiger partial charge in [-0.15, -0.1) is 11.3 Å². The van der Waals surface area contributed by atoms with Crippen molar-refractivity contribution in [1.82, 2.24) is 33.9 Å². The number of aryl methyl sites for hydroxylation is 3. The van der Waals surface area contributed by atoms with Crippen molar-refractivity contribution in [3.63, 3.8) is 0 Å². The average molecular weight is 756 g/mol. The van der Waals surface area contributed by atoms with Gasteiger partial charge in [-0.1, -0.05) is 30.3 Å². The molecule has 1 N–H and O–H groups in total. The van der Waals surface area contributed by atoms with Crippen molar-refractivity contribution < 1.29 is 14.7 Å². The SMILES string of the molecule is Cc1cc(-c2sc(C(=O)N3CC[C@@H](C(=O)N4CCC(O)(Cn5cnc6c(ccn6C)c5=O)CC4)[C@H](c4ccccc4)C3)c(-c3ccnc(C)c3)c2C)ccn1. The Balaban J connectivity index is 1.03. The van der Waals surface area contributed by atoms with Gasteiger partial charge in [0.05, 0.1) is 17.5 Å². The van der Waals surface area contributed by atoms with Crippen LogP contribution < -0.4 is 5.56 Å². The van der Waals surface area contributed by atoms with Gasteiger partial charge in [-0.05, 0) is 92.6 Å². The zero-order chi connectivity index (χ0) is 38.4. The summed E-state index contributed by atoms with van der Waals surface area (Å²) >= 11 is 1.52. The number of thiophene rings is 1. The molecule has 55 heavy (non-hydrogen) atoms. The molecular weight excluding hydrogens is 711 g/mol. The van der Waals surface area contributed by atoms with E-state index in [-0.39, 0.29) is 35.8 Å². The number of pyridine rings is 2. The Bertz CT molecular complexity index is 2460. The Morgan fingerprint density at radius 1 is 0.891 bits per heavy atom. The number of benzene rings is 1. The van der Waals surface area contributed by atoms with E-state index in [4.69, 9.17) is 0 Å². The molecule has 0 spiro atoms. The Hall–Kier alpha value is -5.46. The number of likely N-dealkylation sites (tertiary alicyclic amines) is 2. The van der Waals surface area contributed by atoms with E-state index in [0.717, 1.165) is 44.1 Å². The molecular formula is C43H45N7O4S. The summed E-state index contributed by atoms with van der Waals surface area (Å²) in [4.78, 5) is 61.1. The number of fused-ring (bicyclic) bond motifs is 1. The standard InChI is InChI=1S/C43H45N7O4S/c1-27-22-31(10-16-44-27)36-29(3)37(32-11-17-45-28(2)23-32)55-38(36)42(53)49-19-13-33(35(24-49)30-8-6-5-7-9-30)40(51)48-20-14-43(54,15-21-48)25-50-26-46-39-34(41(50)52)12-18-47(39)4/h5-12,16-18,22-23,26,33,35,54H,13-15,19-21,24-25H2,1-4H3/t33-,35+/m1/s1. The fourth-order valence-electron chi connectivity index (χ4n) is 8.43. The number of rotatable bonds is 7. The molecule has 282 valence electrons. The van der Waals surface area contributed by atoms with Crippen LogP contribution in [0.1, 0.15) is 57.4 Å². The van der Waals surface area contributed by atoms with Gasteiger partial charge in [0.1, 0.15) is 16.9 Å². The highest BCUT2D eigenvalue weighted by Gasteiger charge is 2.42. The minimum atomic E-state index is -1.14. The molecule has 1 aromatic carbocycles. The maximum Gasteiger partial charge on any atom is 0.264 e. The lowest BCUT2D eigenvalue weighted by Crippen LogP contribution is -2.53. The molecule has 6 aromatic rings. The molecule has 0 aliphatic carbocycles. The van der Waals surface area contributed by atoms with Gasteiger partial charge in [0.2, 0.25) is 5.91 Å². The summed E-state index contributed by atoms with van der Waals surface area (Å²) in [6.07, 6.45) is 8.11. The molecule has 8 rings (SSSR count). The summed E-state index contributed by atoms with van der Waals surface area (Å²) in [6.45, 7) is 7.74. The van der Waals surface area contributed by atoms with Crippen molar-refractivity contribution >= 4 is 34.2 Å². The number of carbonyl (C=O) groups excluding carboxylic acids is 2. The quantitative estimate of drug-likeness (QED) is 0.207. The first-order chi connectivity index (χ1) is 26.5. The summed E-state index contributed by atoms with van der Waals surface area (Å²) in [6, 6.07) is 19.8. The first-order valence-corrected chi connectivity index (χ1v) is 19.7. The molecule has 12 heteroatoms. The molecule has 11 nitrogen and oxygen atoms in total. The van der Waals surface area contributed by atoms with E-state index < -0.39 is 5.60 Å². The van der Waals surface area contributed by atoms with Crippen molar-refractivity contribution in [2.75, 3.05) is 26.2 Å². The molecule has 7 heterocycles. The zero-order valence-electron chi connectivity index (χ0n) is 31.6. The van der Waals surface area contributed by atoms with Crippen LogP contribution in [0.25, 0.3) is 32.6 Å². The maximum absolute atomic E-state index is 14.8. The Morgan fingerprint density at radius 2 is 1.58 bits per heavy atom. The summed E-state index contributed by atoms with van der Waals surface area (Å²) in [7, 11) is 1.84. The second-order valence-electron chi connectivity index (χ2n) is 15.2. The van der Waals surface area contributed by atoms with Gasteiger partial charge in [0, 0.05) is 85.5 Å². The molecule has 2 saturated heterocycles. The number of nitrogens with zero attached hydrogens (tertiary/aromatic N) is 7. The van der Waals surface area contributed by atoms with Gasteiger partial charge in [0.25, 0.3) is 11.5 Å². The maximum atomic E-state index is 14.8. The first-order valence-electron chi connectivity index (χ1n) is 18.8. The average Bonchev–Trinajstić information content (AvgIpc) is 3.75. The minimum absolute atomic E-state index is 0.0390. The number of aromatic nitrogens is 5. The summed E-state index contributed by atoms with van der Waals surface area (Å²) in [5.41, 5.74) is 6.04. The molecule has 0 unspecified atom stereocenters. The molecule has 2 amide bonds. The number of amides is 2. The van der Waals surface area contributed by atoms with Gasteiger partial charge >= 0.3 is 0 Å². The molecule has 2 fully saturated rings. The lowest BCUT2D eigenvalue weighted by Gasteiger charge is -2.43. The predicted octanol–water partition coefficient (Wildman–Crippen LogP) is 6.15. The number of carbonyl (C=O) groups is 2. The third-order valence-electron chi connectivity index (χ3n) is 11.5. The summed E-state index contributed by atoms with van der Waals surface area (Å²) in [5.74, 6) is -0.525. The molecule has 5 aromatic heterocycles. The van der Waals surface area contributed by atoms with Crippen LogP contribution in [0.3, 0.4) is 0 Å². The van der Waals surface area contributed by atoms with Gasteiger partial charge < -0.3 is 19.5 Å². The first kappa shape index (κ1) is 36.5. The van der Waals surface area contributed by atoms with Crippen molar-refractivity contribution in [1.29, 1.82) is 0 Å². The highest BCUT2D eigenvalue weighted by Crippen LogP contribution is 2.44. The fraction of sp³-hybridized carbons (Fsp3) is 0.349. The van der Waals surface area contributed by atoms with Gasteiger partial charge in [-0.3, -0.25) is 28.9 Å². The van der Waals surface area contributed by atoms with Crippen LogP contribution in [-0.4, -0.2) is 82.6 Å². The third kappa shape index (κ3) is 7.00. The lowest BCUT2D eigenvalue weighted by molar-refractivity contribution is -0.142. The second-order valence-corrected chi connectivity index (χ2v) is 16.2. The van der Waals surface area contributed by atoms with Crippen LogP contribution in [0.2, 0.25) is 0 Å². The van der Waals surface area contributed by atoms with E-state index >= 15 is 0 Å². The van der Waals surface area contributed by atoms with Crippen LogP contribution in [0, 0.1) is 26.7 Å². The smallest absolute Gasteiger partial charge is 0.264 e. The molecule has 0 bridgehead atoms. The largest absolute Gasteiger partial charge is 0.388 e. The zero-order valence-corrected chi connectivity index (χ0v) is 32.4. The topological polar surface area (TPSA) is 126 Å². The van der Waals surface area contributed by atoms with Crippen molar-refractivity contribution in [3.8, 4) is 21.6 Å². The van der Waals surface area contributed by atoms with Crippen molar-refractivity contribution in [2.24, 2.45) is 13.0 Å². The Labute approximate surface area is 323 Å². The van der Waals surface area contributed by atoms with Gasteiger partial charge in [0.15, 0.2) is 0 Å². The van der Waals surface area contributed by atoms with Crippen LogP contribution in [0.5, 0.6) is 0 Å². The highest BCUT2D eigenvalue weighted by molar-refractivity contribution is 7.18. The second kappa shape index (κ2) is 14.6. The number of hydrogen-bond donors (Lipinski definition) is 1. The highest BCUT2D eigenvalue weighted by atomic mass is 32.1. The van der Waals surface area contributed by atoms with E-state index in [1.165, 1.54) is 22.2 Å². The fourth-order valence-corrected chi connectivity index (χ4v) is 9.73. The van der Waals surface area contributed by atoms with Crippen LogP contribution in [-0.2, 0) is 18.4 Å². The van der Waals surface area contributed by atoms with E-state index in [9.17, 15) is 19.5 Å². The normalized spacial score (nSPS) is 18.5. The summed E-state index contributed by atoms with van der Waals surface area (Å²) in [5, 5.41) is 12.1. The minimum Gasteiger partial charge on any atom is -0.388 e. The van der Waals surface area contributed by atoms with E-state index in [2.05, 4.69) is 27.9 Å². The predicted molar refractivity (Wildman–Crippen MR) is 214 cm³/mol. The molecule has 2 aliphatic heterocycles. The Morgan fingerprint density at radius 3 is 2.29 bits per heavy atom. The Kier molecular flexibility index (Phi) is 9.72. The van der Waals surface area contributed by atoms with Crippen LogP contribution in [0.4, 0.5) is 0 Å². The van der Waals surface area contributed by atoms with Crippen LogP contribution >= 0.6 is 11.3 Å². The van der Waals surface area contributed by atoms with E-state index in [1.54, 1.807) is 29.2 Å². The number of hydrogen-bond acceptors (Lipinski definition) is 8. The summed E-state index contributed by atoms with van der Waals surface area (Å²) < 4.78 is 3.28. The molecule has 2 atom stereocenters. The number of piperidine rings is 2. The molecule has 0 saturated carbocycles. The molecule has 2 aliphatic rings. The third-order valence-corrected chi connectivity index (χ3v) is 12.8.